The van der Waals surface area contributed by atoms with Crippen LogP contribution in [0.3, 0.4) is 0 Å². The van der Waals surface area contributed by atoms with Crippen LogP contribution in [0.1, 0.15) is 11.1 Å². The highest BCUT2D eigenvalue weighted by Crippen LogP contribution is 2.29. The van der Waals surface area contributed by atoms with E-state index in [1.807, 2.05) is 0 Å². The number of ether oxygens (including phenoxy) is 1. The Hall–Kier alpha value is -2.06. The van der Waals surface area contributed by atoms with E-state index >= 15 is 0 Å². The zero-order chi connectivity index (χ0) is 16.3. The van der Waals surface area contributed by atoms with Crippen LogP contribution >= 0.6 is 0 Å². The van der Waals surface area contributed by atoms with Crippen LogP contribution in [0.5, 0.6) is 5.75 Å². The average molecular weight is 314 g/mol. The summed E-state index contributed by atoms with van der Waals surface area (Å²) in [5.74, 6) is -0.517. The summed E-state index contributed by atoms with van der Waals surface area (Å²) in [4.78, 5) is 0. The van der Waals surface area contributed by atoms with Crippen LogP contribution in [-0.2, 0) is 12.8 Å². The topological polar surface area (TPSA) is 49.7 Å². The van der Waals surface area contributed by atoms with Gasteiger partial charge in [-0.3, -0.25) is 0 Å². The van der Waals surface area contributed by atoms with Gasteiger partial charge in [-0.1, -0.05) is 12.1 Å². The zero-order valence-corrected chi connectivity index (χ0v) is 11.1. The molecule has 0 unspecified atom stereocenters. The van der Waals surface area contributed by atoms with Gasteiger partial charge in [-0.2, -0.15) is 13.2 Å². The third kappa shape index (κ3) is 3.99. The predicted octanol–water partition coefficient (Wildman–Crippen LogP) is 2.10. The fraction of sp³-hybridized carbons (Fsp3) is 0.143. The van der Waals surface area contributed by atoms with Gasteiger partial charge in [0.1, 0.15) is 18.2 Å². The summed E-state index contributed by atoms with van der Waals surface area (Å²) in [5.41, 5.74) is -0.818. The maximum atomic E-state index is 12.8. The molecule has 0 bridgehead atoms. The number of benzene rings is 2. The molecule has 0 aliphatic heterocycles. The lowest BCUT2D eigenvalue weighted by Gasteiger charge is -2.14. The maximum absolute atomic E-state index is 12.8. The van der Waals surface area contributed by atoms with Crippen LogP contribution < -0.4 is 10.2 Å². The highest BCUT2D eigenvalue weighted by Gasteiger charge is 2.32. The van der Waals surface area contributed by atoms with Crippen molar-refractivity contribution in [2.24, 2.45) is 0 Å². The first-order valence-corrected chi connectivity index (χ1v) is 6.22. The Morgan fingerprint density at radius 2 is 1.64 bits per heavy atom. The van der Waals surface area contributed by atoms with E-state index in [4.69, 9.17) is 4.74 Å². The molecule has 8 heteroatoms. The van der Waals surface area contributed by atoms with Gasteiger partial charge < -0.3 is 14.8 Å². The minimum atomic E-state index is -4.60. The van der Waals surface area contributed by atoms with Crippen LogP contribution in [0, 0.1) is 5.82 Å². The minimum Gasteiger partial charge on any atom is -0.489 e. The van der Waals surface area contributed by atoms with Crippen molar-refractivity contribution in [3.63, 3.8) is 0 Å². The first-order valence-electron chi connectivity index (χ1n) is 6.22. The number of halogens is 4. The standard InChI is InChI=1S/C14H11BF4O3/c16-11-4-1-9(2-5-11)8-22-13-6-3-10(14(17,18)19)7-12(13)15(20)21/h1-7,20-21H,8H2. The fourth-order valence-electron chi connectivity index (χ4n) is 1.80. The van der Waals surface area contributed by atoms with Crippen molar-refractivity contribution in [3.8, 4) is 5.75 Å². The molecule has 0 fully saturated rings. The molecule has 2 aromatic rings. The number of rotatable bonds is 4. The van der Waals surface area contributed by atoms with Crippen molar-refractivity contribution in [2.45, 2.75) is 12.8 Å². The van der Waals surface area contributed by atoms with Gasteiger partial charge in [0.15, 0.2) is 0 Å². The number of hydrogen-bond acceptors (Lipinski definition) is 3. The van der Waals surface area contributed by atoms with E-state index in [9.17, 15) is 27.6 Å². The molecule has 2 rings (SSSR count). The molecule has 0 saturated heterocycles. The van der Waals surface area contributed by atoms with E-state index in [1.54, 1.807) is 0 Å². The number of hydrogen-bond donors (Lipinski definition) is 2. The van der Waals surface area contributed by atoms with Gasteiger partial charge in [0.2, 0.25) is 0 Å². The molecule has 22 heavy (non-hydrogen) atoms. The third-order valence-electron chi connectivity index (χ3n) is 2.92. The normalized spacial score (nSPS) is 11.4. The Morgan fingerprint density at radius 3 is 2.18 bits per heavy atom. The van der Waals surface area contributed by atoms with Crippen molar-refractivity contribution in [1.82, 2.24) is 0 Å². The molecule has 2 N–H and O–H groups in total. The number of alkyl halides is 3. The van der Waals surface area contributed by atoms with Crippen LogP contribution in [0.25, 0.3) is 0 Å². The monoisotopic (exact) mass is 314 g/mol. The van der Waals surface area contributed by atoms with Crippen LogP contribution in [0.2, 0.25) is 0 Å². The lowest BCUT2D eigenvalue weighted by atomic mass is 9.78. The maximum Gasteiger partial charge on any atom is 0.492 e. The van der Waals surface area contributed by atoms with E-state index in [1.165, 1.54) is 24.3 Å². The Kier molecular flexibility index (Phi) is 4.73. The molecule has 3 nitrogen and oxygen atoms in total. The predicted molar refractivity (Wildman–Crippen MR) is 72.0 cm³/mol. The summed E-state index contributed by atoms with van der Waals surface area (Å²) < 4.78 is 55.9. The van der Waals surface area contributed by atoms with E-state index < -0.39 is 30.1 Å². The van der Waals surface area contributed by atoms with E-state index in [0.29, 0.717) is 11.6 Å². The van der Waals surface area contributed by atoms with Gasteiger partial charge in [-0.05, 0) is 35.9 Å². The molecule has 116 valence electrons. The zero-order valence-electron chi connectivity index (χ0n) is 11.1. The third-order valence-corrected chi connectivity index (χ3v) is 2.92. The smallest absolute Gasteiger partial charge is 0.489 e. The highest BCUT2D eigenvalue weighted by molar-refractivity contribution is 6.59. The van der Waals surface area contributed by atoms with Crippen molar-refractivity contribution >= 4 is 12.6 Å². The second kappa shape index (κ2) is 6.37. The minimum absolute atomic E-state index is 0.0502. The summed E-state index contributed by atoms with van der Waals surface area (Å²) >= 11 is 0. The Morgan fingerprint density at radius 1 is 1.00 bits per heavy atom. The second-order valence-electron chi connectivity index (χ2n) is 4.54. The SMILES string of the molecule is OB(O)c1cc(C(F)(F)F)ccc1OCc1ccc(F)cc1. The summed E-state index contributed by atoms with van der Waals surface area (Å²) in [7, 11) is -2.11. The van der Waals surface area contributed by atoms with Crippen LogP contribution in [0.15, 0.2) is 42.5 Å². The van der Waals surface area contributed by atoms with Crippen molar-refractivity contribution in [2.75, 3.05) is 0 Å². The van der Waals surface area contributed by atoms with Gasteiger partial charge in [-0.25, -0.2) is 4.39 Å². The molecule has 0 spiro atoms. The summed E-state index contributed by atoms with van der Waals surface area (Å²) in [5, 5.41) is 18.4. The molecule has 0 aliphatic rings. The lowest BCUT2D eigenvalue weighted by molar-refractivity contribution is -0.137. The quantitative estimate of drug-likeness (QED) is 0.671. The Bertz CT molecular complexity index is 642. The highest BCUT2D eigenvalue weighted by atomic mass is 19.4. The van der Waals surface area contributed by atoms with E-state index in [-0.39, 0.29) is 12.4 Å². The van der Waals surface area contributed by atoms with Crippen molar-refractivity contribution < 1.29 is 32.3 Å². The lowest BCUT2D eigenvalue weighted by Crippen LogP contribution is -2.32. The van der Waals surface area contributed by atoms with Gasteiger partial charge in [0.25, 0.3) is 0 Å². The first-order chi connectivity index (χ1) is 10.3. The molecular weight excluding hydrogens is 303 g/mol. The van der Waals surface area contributed by atoms with Crippen LogP contribution in [0.4, 0.5) is 17.6 Å². The molecule has 0 heterocycles. The van der Waals surface area contributed by atoms with Gasteiger partial charge >= 0.3 is 13.3 Å². The largest absolute Gasteiger partial charge is 0.492 e. The molecule has 0 radical (unpaired) electrons. The molecule has 0 amide bonds. The molecule has 0 aliphatic carbocycles. The Labute approximate surface area is 123 Å². The second-order valence-corrected chi connectivity index (χ2v) is 4.54. The van der Waals surface area contributed by atoms with E-state index in [2.05, 4.69) is 0 Å². The molecule has 0 atom stereocenters. The van der Waals surface area contributed by atoms with E-state index in [0.717, 1.165) is 12.1 Å². The molecular formula is C14H11BF4O3. The molecule has 0 saturated carbocycles. The Balaban J connectivity index is 2.21. The average Bonchev–Trinajstić information content (AvgIpc) is 2.45. The molecule has 0 aromatic heterocycles. The van der Waals surface area contributed by atoms with Crippen molar-refractivity contribution in [1.29, 1.82) is 0 Å². The van der Waals surface area contributed by atoms with Gasteiger partial charge in [-0.15, -0.1) is 0 Å². The fourth-order valence-corrected chi connectivity index (χ4v) is 1.80. The van der Waals surface area contributed by atoms with Gasteiger partial charge in [0.05, 0.1) is 5.56 Å². The summed E-state index contributed by atoms with van der Waals surface area (Å²) in [6.45, 7) is -0.0502. The summed E-state index contributed by atoms with van der Waals surface area (Å²) in [6.07, 6.45) is -4.60. The van der Waals surface area contributed by atoms with Gasteiger partial charge in [0, 0.05) is 5.46 Å². The van der Waals surface area contributed by atoms with Crippen LogP contribution in [-0.4, -0.2) is 17.2 Å². The first kappa shape index (κ1) is 16.3. The molecule has 2 aromatic carbocycles. The van der Waals surface area contributed by atoms with Crippen molar-refractivity contribution in [3.05, 3.63) is 59.4 Å². The summed E-state index contributed by atoms with van der Waals surface area (Å²) in [6, 6.07) is 7.75.